The van der Waals surface area contributed by atoms with E-state index in [0.717, 1.165) is 16.9 Å². The lowest BCUT2D eigenvalue weighted by atomic mass is 10.2. The largest absolute Gasteiger partial charge is 0.381 e. The molecule has 20 heavy (non-hydrogen) atoms. The van der Waals surface area contributed by atoms with Gasteiger partial charge in [0.2, 0.25) is 10.0 Å². The fourth-order valence-electron chi connectivity index (χ4n) is 1.87. The highest BCUT2D eigenvalue weighted by atomic mass is 32.2. The minimum atomic E-state index is -3.48. The summed E-state index contributed by atoms with van der Waals surface area (Å²) in [6.07, 6.45) is 1.83. The molecule has 2 rings (SSSR count). The van der Waals surface area contributed by atoms with Gasteiger partial charge in [0, 0.05) is 30.5 Å². The van der Waals surface area contributed by atoms with Gasteiger partial charge in [0.05, 0.1) is 11.9 Å². The highest BCUT2D eigenvalue weighted by Crippen LogP contribution is 2.13. The molecule has 3 N–H and O–H groups in total. The third-order valence-electron chi connectivity index (χ3n) is 3.14. The van der Waals surface area contributed by atoms with Gasteiger partial charge in [-0.3, -0.25) is 4.68 Å². The highest BCUT2D eigenvalue weighted by Gasteiger charge is 2.05. The molecule has 7 heteroatoms. The van der Waals surface area contributed by atoms with Gasteiger partial charge >= 0.3 is 0 Å². The summed E-state index contributed by atoms with van der Waals surface area (Å²) in [6, 6.07) is 7.18. The van der Waals surface area contributed by atoms with Crippen molar-refractivity contribution in [2.75, 3.05) is 5.32 Å². The first-order chi connectivity index (χ1) is 9.35. The van der Waals surface area contributed by atoms with Crippen LogP contribution in [0.3, 0.4) is 0 Å². The van der Waals surface area contributed by atoms with Gasteiger partial charge in [0.1, 0.15) is 0 Å². The lowest BCUT2D eigenvalue weighted by Crippen LogP contribution is -2.14. The number of aryl methyl sites for hydroxylation is 1. The zero-order valence-electron chi connectivity index (χ0n) is 11.5. The summed E-state index contributed by atoms with van der Waals surface area (Å²) in [5, 5.41) is 12.5. The first-order valence-corrected chi connectivity index (χ1v) is 7.87. The highest BCUT2D eigenvalue weighted by molar-refractivity contribution is 7.88. The maximum absolute atomic E-state index is 11.0. The van der Waals surface area contributed by atoms with E-state index in [0.29, 0.717) is 12.1 Å². The number of nitrogens with two attached hydrogens (primary N) is 1. The van der Waals surface area contributed by atoms with Crippen molar-refractivity contribution in [1.82, 2.24) is 9.78 Å². The zero-order valence-corrected chi connectivity index (χ0v) is 12.3. The summed E-state index contributed by atoms with van der Waals surface area (Å²) in [7, 11) is -1.58. The lowest BCUT2D eigenvalue weighted by molar-refractivity contribution is 0.597. The van der Waals surface area contributed by atoms with Crippen molar-refractivity contribution in [3.63, 3.8) is 0 Å². The van der Waals surface area contributed by atoms with Gasteiger partial charge < -0.3 is 5.32 Å². The number of hydrogen-bond acceptors (Lipinski definition) is 4. The topological polar surface area (TPSA) is 90.0 Å². The van der Waals surface area contributed by atoms with Crippen LogP contribution in [-0.2, 0) is 29.4 Å². The van der Waals surface area contributed by atoms with E-state index in [1.807, 2.05) is 37.0 Å². The summed E-state index contributed by atoms with van der Waals surface area (Å²) in [5.41, 5.74) is 3.84. The van der Waals surface area contributed by atoms with E-state index in [2.05, 4.69) is 10.4 Å². The molecule has 1 heterocycles. The van der Waals surface area contributed by atoms with Gasteiger partial charge in [-0.25, -0.2) is 13.6 Å². The summed E-state index contributed by atoms with van der Waals surface area (Å²) in [5.74, 6) is -0.144. The molecule has 0 fully saturated rings. The number of nitrogens with zero attached hydrogens (tertiary/aromatic N) is 2. The Labute approximate surface area is 118 Å². The van der Waals surface area contributed by atoms with Gasteiger partial charge in [0.15, 0.2) is 0 Å². The molecular formula is C13H18N4O2S. The van der Waals surface area contributed by atoms with Crippen molar-refractivity contribution < 1.29 is 8.42 Å². The monoisotopic (exact) mass is 294 g/mol. The van der Waals surface area contributed by atoms with Crippen LogP contribution in [0.1, 0.15) is 16.8 Å². The van der Waals surface area contributed by atoms with E-state index in [4.69, 9.17) is 5.14 Å². The third kappa shape index (κ3) is 3.82. The normalized spacial score (nSPS) is 11.6. The lowest BCUT2D eigenvalue weighted by Gasteiger charge is -2.07. The summed E-state index contributed by atoms with van der Waals surface area (Å²) < 4.78 is 23.8. The first-order valence-electron chi connectivity index (χ1n) is 6.16. The summed E-state index contributed by atoms with van der Waals surface area (Å²) >= 11 is 0. The van der Waals surface area contributed by atoms with Crippen molar-refractivity contribution >= 4 is 15.7 Å². The number of benzene rings is 1. The average Bonchev–Trinajstić information content (AvgIpc) is 2.68. The molecule has 108 valence electrons. The Kier molecular flexibility index (Phi) is 4.10. The van der Waals surface area contributed by atoms with E-state index < -0.39 is 10.0 Å². The van der Waals surface area contributed by atoms with Crippen molar-refractivity contribution in [2.24, 2.45) is 12.2 Å². The molecule has 0 amide bonds. The fraction of sp³-hybridized carbons (Fsp3) is 0.308. The van der Waals surface area contributed by atoms with E-state index in [-0.39, 0.29) is 5.75 Å². The standard InChI is InChI=1S/C13H18N4O2S/c1-10-12(8-16-17(10)2)7-15-13-5-3-11(4-6-13)9-20(14,18)19/h3-6,8,15H,7,9H2,1-2H3,(H2,14,18,19). The quantitative estimate of drug-likeness (QED) is 0.865. The van der Waals surface area contributed by atoms with Crippen LogP contribution in [0, 0.1) is 6.92 Å². The average molecular weight is 294 g/mol. The molecule has 0 bridgehead atoms. The third-order valence-corrected chi connectivity index (χ3v) is 3.88. The Morgan fingerprint density at radius 1 is 1.30 bits per heavy atom. The Hall–Kier alpha value is -1.86. The number of sulfonamides is 1. The Bertz CT molecular complexity index is 690. The number of rotatable bonds is 5. The van der Waals surface area contributed by atoms with Gasteiger partial charge in [0.25, 0.3) is 0 Å². The Morgan fingerprint density at radius 2 is 1.95 bits per heavy atom. The number of hydrogen-bond donors (Lipinski definition) is 2. The molecule has 0 unspecified atom stereocenters. The fourth-order valence-corrected chi connectivity index (χ4v) is 2.52. The number of primary sulfonamides is 1. The minimum Gasteiger partial charge on any atom is -0.381 e. The van der Waals surface area contributed by atoms with E-state index in [1.165, 1.54) is 0 Å². The van der Waals surface area contributed by atoms with Crippen LogP contribution in [0.15, 0.2) is 30.5 Å². The Morgan fingerprint density at radius 3 is 2.45 bits per heavy atom. The zero-order chi connectivity index (χ0) is 14.8. The van der Waals surface area contributed by atoms with Crippen molar-refractivity contribution in [3.8, 4) is 0 Å². The van der Waals surface area contributed by atoms with Gasteiger partial charge in [-0.1, -0.05) is 12.1 Å². The minimum absolute atomic E-state index is 0.144. The second-order valence-electron chi connectivity index (χ2n) is 4.74. The molecule has 0 atom stereocenters. The van der Waals surface area contributed by atoms with Crippen LogP contribution >= 0.6 is 0 Å². The van der Waals surface area contributed by atoms with Crippen LogP contribution in [0.4, 0.5) is 5.69 Å². The predicted molar refractivity (Wildman–Crippen MR) is 78.5 cm³/mol. The van der Waals surface area contributed by atoms with Crippen molar-refractivity contribution in [2.45, 2.75) is 19.2 Å². The molecule has 0 aliphatic carbocycles. The maximum atomic E-state index is 11.0. The summed E-state index contributed by atoms with van der Waals surface area (Å²) in [4.78, 5) is 0. The second-order valence-corrected chi connectivity index (χ2v) is 6.35. The molecule has 0 spiro atoms. The molecular weight excluding hydrogens is 276 g/mol. The van der Waals surface area contributed by atoms with Crippen molar-refractivity contribution in [1.29, 1.82) is 0 Å². The molecule has 1 aromatic heterocycles. The van der Waals surface area contributed by atoms with Crippen LogP contribution in [-0.4, -0.2) is 18.2 Å². The van der Waals surface area contributed by atoms with E-state index in [1.54, 1.807) is 12.1 Å². The van der Waals surface area contributed by atoms with Crippen LogP contribution in [0.25, 0.3) is 0 Å². The van der Waals surface area contributed by atoms with Gasteiger partial charge in [-0.15, -0.1) is 0 Å². The van der Waals surface area contributed by atoms with E-state index in [9.17, 15) is 8.42 Å². The molecule has 2 aromatic rings. The van der Waals surface area contributed by atoms with Crippen molar-refractivity contribution in [3.05, 3.63) is 47.3 Å². The molecule has 0 radical (unpaired) electrons. The smallest absolute Gasteiger partial charge is 0.213 e. The van der Waals surface area contributed by atoms with Crippen LogP contribution in [0.2, 0.25) is 0 Å². The number of anilines is 1. The van der Waals surface area contributed by atoms with Crippen LogP contribution in [0.5, 0.6) is 0 Å². The number of aromatic nitrogens is 2. The Balaban J connectivity index is 1.99. The first kappa shape index (κ1) is 14.5. The van der Waals surface area contributed by atoms with Crippen LogP contribution < -0.4 is 10.5 Å². The predicted octanol–water partition coefficient (Wildman–Crippen LogP) is 1.13. The second kappa shape index (κ2) is 5.64. The summed E-state index contributed by atoms with van der Waals surface area (Å²) in [6.45, 7) is 2.69. The van der Waals surface area contributed by atoms with Gasteiger partial charge in [-0.2, -0.15) is 5.10 Å². The SMILES string of the molecule is Cc1c(CNc2ccc(CS(N)(=O)=O)cc2)cnn1C. The maximum Gasteiger partial charge on any atom is 0.213 e. The molecule has 0 saturated carbocycles. The van der Waals surface area contributed by atoms with E-state index >= 15 is 0 Å². The molecule has 0 aliphatic heterocycles. The molecule has 1 aromatic carbocycles. The number of nitrogens with one attached hydrogen (secondary N) is 1. The van der Waals surface area contributed by atoms with Gasteiger partial charge in [-0.05, 0) is 24.6 Å². The molecule has 6 nitrogen and oxygen atoms in total. The molecule has 0 saturated heterocycles. The molecule has 0 aliphatic rings.